The second-order valence-corrected chi connectivity index (χ2v) is 8.52. The summed E-state index contributed by atoms with van der Waals surface area (Å²) in [7, 11) is 0. The molecule has 0 aliphatic carbocycles. The topological polar surface area (TPSA) is 62.7 Å². The van der Waals surface area contributed by atoms with E-state index in [0.29, 0.717) is 25.9 Å². The summed E-state index contributed by atoms with van der Waals surface area (Å²) in [5.74, 6) is 0.115. The minimum atomic E-state index is -0.661. The first-order valence-electron chi connectivity index (χ1n) is 9.30. The Morgan fingerprint density at radius 1 is 1.37 bits per heavy atom. The molecule has 0 bridgehead atoms. The molecule has 1 aromatic carbocycles. The maximum absolute atomic E-state index is 12.9. The van der Waals surface area contributed by atoms with Crippen molar-refractivity contribution in [3.05, 3.63) is 52.0 Å². The number of rotatable bonds is 3. The van der Waals surface area contributed by atoms with E-state index in [1.165, 1.54) is 0 Å². The minimum absolute atomic E-state index is 0.0311. The molecule has 3 saturated heterocycles. The van der Waals surface area contributed by atoms with Gasteiger partial charge in [0.1, 0.15) is 6.10 Å². The monoisotopic (exact) mass is 383 g/mol. The largest absolute Gasteiger partial charge is 0.343 e. The number of carbonyl (C=O) groups excluding carboxylic acids is 2. The van der Waals surface area contributed by atoms with E-state index in [1.54, 1.807) is 11.3 Å². The molecule has 1 spiro atoms. The van der Waals surface area contributed by atoms with Crippen LogP contribution in [-0.2, 0) is 20.7 Å². The van der Waals surface area contributed by atoms with Crippen LogP contribution in [-0.4, -0.2) is 51.5 Å². The van der Waals surface area contributed by atoms with E-state index in [0.717, 1.165) is 16.3 Å². The Hall–Kier alpha value is -2.25. The fourth-order valence-corrected chi connectivity index (χ4v) is 5.32. The zero-order valence-electron chi connectivity index (χ0n) is 15.1. The van der Waals surface area contributed by atoms with Crippen LogP contribution in [0.1, 0.15) is 35.2 Å². The van der Waals surface area contributed by atoms with Gasteiger partial charge in [-0.05, 0) is 12.5 Å². The van der Waals surface area contributed by atoms with Crippen LogP contribution in [0.3, 0.4) is 0 Å². The van der Waals surface area contributed by atoms with E-state index in [4.69, 9.17) is 4.74 Å². The molecule has 4 heterocycles. The highest BCUT2D eigenvalue weighted by Gasteiger charge is 2.64. The van der Waals surface area contributed by atoms with Crippen LogP contribution in [0.2, 0.25) is 0 Å². The average Bonchev–Trinajstić information content (AvgIpc) is 3.38. The third-order valence-corrected chi connectivity index (χ3v) is 6.74. The zero-order chi connectivity index (χ0) is 18.6. The van der Waals surface area contributed by atoms with Gasteiger partial charge in [0.2, 0.25) is 11.8 Å². The molecule has 1 aromatic heterocycles. The number of hydrogen-bond donors (Lipinski definition) is 0. The number of thiazole rings is 1. The molecule has 2 aromatic rings. The molecule has 3 fully saturated rings. The maximum atomic E-state index is 12.9. The van der Waals surface area contributed by atoms with Crippen molar-refractivity contribution in [1.29, 1.82) is 0 Å². The fraction of sp³-hybridized carbons (Fsp3) is 0.450. The third kappa shape index (κ3) is 2.60. The Morgan fingerprint density at radius 2 is 2.19 bits per heavy atom. The van der Waals surface area contributed by atoms with Gasteiger partial charge in [-0.1, -0.05) is 30.3 Å². The van der Waals surface area contributed by atoms with Crippen LogP contribution in [0.5, 0.6) is 0 Å². The molecule has 140 valence electrons. The molecular formula is C20H21N3O3S. The van der Waals surface area contributed by atoms with E-state index >= 15 is 0 Å². The first-order valence-corrected chi connectivity index (χ1v) is 10.2. The van der Waals surface area contributed by atoms with Crippen LogP contribution >= 0.6 is 11.3 Å². The van der Waals surface area contributed by atoms with Gasteiger partial charge in [-0.3, -0.25) is 9.59 Å². The lowest BCUT2D eigenvalue weighted by Gasteiger charge is -2.32. The Balaban J connectivity index is 1.38. The summed E-state index contributed by atoms with van der Waals surface area (Å²) in [4.78, 5) is 33.7. The molecule has 27 heavy (non-hydrogen) atoms. The maximum Gasteiger partial charge on any atom is 0.229 e. The van der Waals surface area contributed by atoms with Crippen molar-refractivity contribution >= 4 is 23.2 Å². The van der Waals surface area contributed by atoms with Crippen molar-refractivity contribution in [2.45, 2.75) is 44.1 Å². The zero-order valence-corrected chi connectivity index (χ0v) is 15.9. The number of benzene rings is 1. The Labute approximate surface area is 161 Å². The van der Waals surface area contributed by atoms with Gasteiger partial charge in [0, 0.05) is 18.3 Å². The Kier molecular flexibility index (Phi) is 3.84. The van der Waals surface area contributed by atoms with Crippen molar-refractivity contribution in [2.24, 2.45) is 0 Å². The van der Waals surface area contributed by atoms with E-state index in [-0.39, 0.29) is 30.4 Å². The van der Waals surface area contributed by atoms with Crippen molar-refractivity contribution in [2.75, 3.05) is 13.1 Å². The summed E-state index contributed by atoms with van der Waals surface area (Å²) < 4.78 is 6.49. The number of carbonyl (C=O) groups is 2. The van der Waals surface area contributed by atoms with Crippen LogP contribution in [0.4, 0.5) is 0 Å². The lowest BCUT2D eigenvalue weighted by Crippen LogP contribution is -2.49. The molecule has 2 amide bonds. The molecule has 0 saturated carbocycles. The lowest BCUT2D eigenvalue weighted by atomic mass is 10.1. The van der Waals surface area contributed by atoms with Gasteiger partial charge in [0.05, 0.1) is 36.1 Å². The number of ether oxygens (including phenoxy) is 1. The normalized spacial score (nSPS) is 29.3. The predicted octanol–water partition coefficient (Wildman–Crippen LogP) is 2.30. The molecule has 3 aliphatic heterocycles. The molecule has 6 nitrogen and oxygen atoms in total. The molecule has 3 aliphatic rings. The number of amides is 2. The van der Waals surface area contributed by atoms with Gasteiger partial charge >= 0.3 is 0 Å². The van der Waals surface area contributed by atoms with Crippen molar-refractivity contribution in [3.8, 4) is 0 Å². The summed E-state index contributed by atoms with van der Waals surface area (Å²) in [6.45, 7) is 3.12. The molecule has 3 atom stereocenters. The average molecular weight is 383 g/mol. The SMILES string of the molecule is Cc1nc(CC(=O)N2CC[C@@]34O[C@H](c5ccccc5)CN3C(=O)C[C@@H]24)cs1. The molecule has 0 unspecified atom stereocenters. The molecular weight excluding hydrogens is 362 g/mol. The number of aryl methyl sites for hydroxylation is 1. The molecule has 5 rings (SSSR count). The fourth-order valence-electron chi connectivity index (χ4n) is 4.71. The number of nitrogens with zero attached hydrogens (tertiary/aromatic N) is 3. The summed E-state index contributed by atoms with van der Waals surface area (Å²) in [5, 5.41) is 2.89. The highest BCUT2D eigenvalue weighted by Crippen LogP contribution is 2.50. The van der Waals surface area contributed by atoms with Crippen molar-refractivity contribution in [1.82, 2.24) is 14.8 Å². The Bertz CT molecular complexity index is 899. The van der Waals surface area contributed by atoms with Crippen LogP contribution in [0.15, 0.2) is 35.7 Å². The van der Waals surface area contributed by atoms with Crippen molar-refractivity contribution in [3.63, 3.8) is 0 Å². The first-order chi connectivity index (χ1) is 13.1. The van der Waals surface area contributed by atoms with E-state index in [2.05, 4.69) is 4.98 Å². The highest BCUT2D eigenvalue weighted by atomic mass is 32.1. The third-order valence-electron chi connectivity index (χ3n) is 5.92. The van der Waals surface area contributed by atoms with Crippen LogP contribution in [0.25, 0.3) is 0 Å². The summed E-state index contributed by atoms with van der Waals surface area (Å²) in [6, 6.07) is 9.81. The second-order valence-electron chi connectivity index (χ2n) is 7.46. The number of likely N-dealkylation sites (tertiary alicyclic amines) is 1. The molecule has 0 N–H and O–H groups in total. The number of hydrogen-bond acceptors (Lipinski definition) is 5. The quantitative estimate of drug-likeness (QED) is 0.816. The van der Waals surface area contributed by atoms with E-state index in [9.17, 15) is 9.59 Å². The summed E-state index contributed by atoms with van der Waals surface area (Å²) in [5.41, 5.74) is 1.22. The van der Waals surface area contributed by atoms with Crippen LogP contribution < -0.4 is 0 Å². The summed E-state index contributed by atoms with van der Waals surface area (Å²) in [6.07, 6.45) is 1.18. The lowest BCUT2D eigenvalue weighted by molar-refractivity contribution is -0.142. The van der Waals surface area contributed by atoms with Gasteiger partial charge in [0.15, 0.2) is 5.72 Å². The van der Waals surface area contributed by atoms with Gasteiger partial charge in [0.25, 0.3) is 0 Å². The first kappa shape index (κ1) is 16.9. The standard InChI is InChI=1S/C20H21N3O3S/c1-13-21-15(12-27-13)9-18(24)22-8-7-20-17(22)10-19(25)23(20)11-16(26-20)14-5-3-2-4-6-14/h2-6,12,16-17H,7-11H2,1H3/t16-,17+,20-/m0/s1. The van der Waals surface area contributed by atoms with E-state index in [1.807, 2.05) is 52.4 Å². The second kappa shape index (κ2) is 6.14. The number of aromatic nitrogens is 1. The van der Waals surface area contributed by atoms with Gasteiger partial charge in [-0.2, -0.15) is 0 Å². The minimum Gasteiger partial charge on any atom is -0.343 e. The van der Waals surface area contributed by atoms with Gasteiger partial charge in [-0.15, -0.1) is 11.3 Å². The van der Waals surface area contributed by atoms with Crippen molar-refractivity contribution < 1.29 is 14.3 Å². The molecule has 0 radical (unpaired) electrons. The smallest absolute Gasteiger partial charge is 0.229 e. The summed E-state index contributed by atoms with van der Waals surface area (Å²) >= 11 is 1.55. The van der Waals surface area contributed by atoms with Crippen LogP contribution in [0, 0.1) is 6.92 Å². The van der Waals surface area contributed by atoms with E-state index < -0.39 is 5.72 Å². The molecule has 7 heteroatoms. The Morgan fingerprint density at radius 3 is 2.93 bits per heavy atom. The highest BCUT2D eigenvalue weighted by molar-refractivity contribution is 7.09. The van der Waals surface area contributed by atoms with Gasteiger partial charge in [-0.25, -0.2) is 4.98 Å². The van der Waals surface area contributed by atoms with Gasteiger partial charge < -0.3 is 14.5 Å². The predicted molar refractivity (Wildman–Crippen MR) is 100 cm³/mol.